The van der Waals surface area contributed by atoms with Crippen molar-refractivity contribution in [3.63, 3.8) is 0 Å². The van der Waals surface area contributed by atoms with Crippen LogP contribution in [0.1, 0.15) is 146 Å². The fourth-order valence-electron chi connectivity index (χ4n) is 9.50. The molecule has 0 fully saturated rings. The third-order valence-electron chi connectivity index (χ3n) is 13.3. The van der Waals surface area contributed by atoms with Crippen LogP contribution in [0.25, 0.3) is 0 Å². The molecule has 3 aliphatic carbocycles. The van der Waals surface area contributed by atoms with Crippen LogP contribution in [0, 0.1) is 47.3 Å². The van der Waals surface area contributed by atoms with Crippen molar-refractivity contribution < 1.29 is 49.1 Å². The van der Waals surface area contributed by atoms with Gasteiger partial charge in [0.05, 0.1) is 11.1 Å². The summed E-state index contributed by atoms with van der Waals surface area (Å²) in [7, 11) is 0. The van der Waals surface area contributed by atoms with Gasteiger partial charge in [0.15, 0.2) is 24.1 Å². The zero-order valence-corrected chi connectivity index (χ0v) is 34.0. The van der Waals surface area contributed by atoms with Gasteiger partial charge >= 0.3 is 0 Å². The number of rotatable bonds is 6. The third-order valence-corrected chi connectivity index (χ3v) is 13.3. The Bertz CT molecular complexity index is 1990. The number of allylic oxidation sites excluding steroid dienone is 2. The summed E-state index contributed by atoms with van der Waals surface area (Å²) in [5, 5.41) is 43.0. The topological polar surface area (TPSA) is 168 Å². The van der Waals surface area contributed by atoms with Crippen LogP contribution in [0.3, 0.4) is 0 Å². The first-order chi connectivity index (χ1) is 26.3. The van der Waals surface area contributed by atoms with Gasteiger partial charge in [0.25, 0.3) is 0 Å². The third kappa shape index (κ3) is 7.24. The highest BCUT2D eigenvalue weighted by Gasteiger charge is 2.47. The van der Waals surface area contributed by atoms with E-state index in [1.165, 1.54) is 0 Å². The minimum absolute atomic E-state index is 0.0396. The SMILES string of the molecule is CC(C)CC(=O)c1c(O)c(C=O)c2c(c1O)C[C@H]1C[C@@H](C(C)C)C=C[C@@]1(C)O2.CC1CCC(C)C2C=C[C@@]3(C)Oc4c(C=O)c(O)c(c(O)c4C[C@H]3C2)C(=O)C1. The van der Waals surface area contributed by atoms with Gasteiger partial charge in [-0.15, -0.1) is 0 Å². The van der Waals surface area contributed by atoms with E-state index in [1.54, 1.807) is 0 Å². The Kier molecular flexibility index (Phi) is 11.3. The lowest BCUT2D eigenvalue weighted by atomic mass is 9.68. The summed E-state index contributed by atoms with van der Waals surface area (Å²) in [6, 6.07) is 0. The average molecular weight is 771 g/mol. The molecule has 0 radical (unpaired) electrons. The number of Topliss-reactive ketones (excluding diaryl/α,β-unsaturated/α-hetero) is 2. The number of phenolic OH excluding ortho intramolecular Hbond substituents is 4. The second kappa shape index (κ2) is 15.4. The van der Waals surface area contributed by atoms with Crippen LogP contribution in [0.5, 0.6) is 34.5 Å². The van der Waals surface area contributed by atoms with Crippen molar-refractivity contribution in [2.45, 2.75) is 118 Å². The van der Waals surface area contributed by atoms with Crippen LogP contribution in [0.4, 0.5) is 0 Å². The maximum Gasteiger partial charge on any atom is 0.170 e. The number of aldehydes is 2. The highest BCUT2D eigenvalue weighted by Crippen LogP contribution is 2.54. The van der Waals surface area contributed by atoms with E-state index >= 15 is 0 Å². The lowest BCUT2D eigenvalue weighted by Gasteiger charge is -2.46. The van der Waals surface area contributed by atoms with E-state index in [0.29, 0.717) is 60.2 Å². The number of benzene rings is 2. The monoisotopic (exact) mass is 770 g/mol. The summed E-state index contributed by atoms with van der Waals surface area (Å²) in [6.45, 7) is 16.4. The Morgan fingerprint density at radius 2 is 1.34 bits per heavy atom. The van der Waals surface area contributed by atoms with Crippen LogP contribution in [-0.2, 0) is 12.8 Å². The standard InChI is InChI=1S/C23H28O5.C23H30O5/c1-12-4-5-13(2)14-6-7-23(3)15(9-14)10-16-20(26)19(18(25)8-12)21(27)17(11-24)22(16)28-23;1-12(2)8-18(25)19-20(26)16-10-15-9-14(13(3)4)6-7-23(15,5)28-22(16)17(11-24)21(19)27/h6-7,11-15,26-27H,4-5,8-10H2,1-3H3;6-7,11-15,26-27H,8-10H2,1-5H3/t12?,13?,14?,15-,23-;14-,15+,23+/m10/s1. The van der Waals surface area contributed by atoms with Crippen molar-refractivity contribution >= 4 is 24.1 Å². The van der Waals surface area contributed by atoms with Crippen molar-refractivity contribution in [1.29, 1.82) is 0 Å². The fraction of sp³-hybridized carbons (Fsp3) is 0.565. The molecule has 2 aliphatic heterocycles. The van der Waals surface area contributed by atoms with E-state index in [1.807, 2.05) is 40.7 Å². The van der Waals surface area contributed by atoms with Crippen LogP contribution in [0.2, 0.25) is 0 Å². The first-order valence-electron chi connectivity index (χ1n) is 20.3. The summed E-state index contributed by atoms with van der Waals surface area (Å²) in [4.78, 5) is 49.1. The molecule has 3 unspecified atom stereocenters. The normalized spacial score (nSPS) is 30.1. The van der Waals surface area contributed by atoms with Crippen LogP contribution >= 0.6 is 0 Å². The molecule has 10 heteroatoms. The molecule has 0 saturated carbocycles. The van der Waals surface area contributed by atoms with Gasteiger partial charge in [-0.2, -0.15) is 0 Å². The molecule has 2 aromatic carbocycles. The molecule has 4 bridgehead atoms. The Hall–Kier alpha value is -4.60. The molecule has 2 aromatic rings. The molecule has 4 N–H and O–H groups in total. The molecule has 10 nitrogen and oxygen atoms in total. The maximum atomic E-state index is 12.9. The van der Waals surface area contributed by atoms with Gasteiger partial charge in [-0.05, 0) is 93.6 Å². The van der Waals surface area contributed by atoms with Gasteiger partial charge in [-0.1, -0.05) is 60.1 Å². The molecule has 8 atom stereocenters. The summed E-state index contributed by atoms with van der Waals surface area (Å²) in [5.41, 5.74) is -0.673. The van der Waals surface area contributed by atoms with Crippen LogP contribution in [0.15, 0.2) is 24.3 Å². The highest BCUT2D eigenvalue weighted by molar-refractivity contribution is 6.06. The predicted molar refractivity (Wildman–Crippen MR) is 212 cm³/mol. The molecule has 7 rings (SSSR count). The Morgan fingerprint density at radius 3 is 1.91 bits per heavy atom. The minimum atomic E-state index is -0.613. The number of aromatic hydroxyl groups is 4. The average Bonchev–Trinajstić information content (AvgIpc) is 3.12. The van der Waals surface area contributed by atoms with E-state index < -0.39 is 22.7 Å². The summed E-state index contributed by atoms with van der Waals surface area (Å²) in [6.07, 6.45) is 14.7. The van der Waals surface area contributed by atoms with Crippen LogP contribution in [-0.4, -0.2) is 55.8 Å². The number of phenols is 4. The van der Waals surface area contributed by atoms with Gasteiger partial charge in [0, 0.05) is 35.8 Å². The van der Waals surface area contributed by atoms with Crippen molar-refractivity contribution in [1.82, 2.24) is 0 Å². The van der Waals surface area contributed by atoms with Crippen molar-refractivity contribution in [2.24, 2.45) is 47.3 Å². The molecular formula is C46H58O10. The van der Waals surface area contributed by atoms with Gasteiger partial charge in [0.1, 0.15) is 56.8 Å². The van der Waals surface area contributed by atoms with Crippen molar-refractivity contribution in [3.8, 4) is 34.5 Å². The molecular weight excluding hydrogens is 712 g/mol. The summed E-state index contributed by atoms with van der Waals surface area (Å²) in [5.74, 6) is 0.548. The van der Waals surface area contributed by atoms with Crippen LogP contribution < -0.4 is 9.47 Å². The number of hydrogen-bond acceptors (Lipinski definition) is 10. The quantitative estimate of drug-likeness (QED) is 0.126. The number of carbonyl (C=O) groups excluding carboxylic acids is 4. The highest BCUT2D eigenvalue weighted by atomic mass is 16.5. The Balaban J connectivity index is 0.000000190. The zero-order valence-electron chi connectivity index (χ0n) is 34.0. The molecule has 2 heterocycles. The predicted octanol–water partition coefficient (Wildman–Crippen LogP) is 9.12. The lowest BCUT2D eigenvalue weighted by molar-refractivity contribution is 0.0288. The molecule has 56 heavy (non-hydrogen) atoms. The maximum absolute atomic E-state index is 12.9. The smallest absolute Gasteiger partial charge is 0.170 e. The first-order valence-corrected chi connectivity index (χ1v) is 20.3. The molecule has 0 spiro atoms. The second-order valence-corrected chi connectivity index (χ2v) is 18.3. The number of ether oxygens (including phenoxy) is 2. The second-order valence-electron chi connectivity index (χ2n) is 18.3. The number of carbonyl (C=O) groups is 4. The molecule has 302 valence electrons. The van der Waals surface area contributed by atoms with Gasteiger partial charge in [-0.3, -0.25) is 19.2 Å². The fourth-order valence-corrected chi connectivity index (χ4v) is 9.50. The van der Waals surface area contributed by atoms with E-state index in [9.17, 15) is 39.6 Å². The molecule has 5 aliphatic rings. The Morgan fingerprint density at radius 1 is 0.786 bits per heavy atom. The van der Waals surface area contributed by atoms with Gasteiger partial charge in [-0.25, -0.2) is 0 Å². The van der Waals surface area contributed by atoms with Gasteiger partial charge < -0.3 is 29.9 Å². The van der Waals surface area contributed by atoms with Crippen molar-refractivity contribution in [2.75, 3.05) is 0 Å². The number of ketones is 2. The molecule has 0 amide bonds. The van der Waals surface area contributed by atoms with E-state index in [4.69, 9.17) is 9.47 Å². The zero-order chi connectivity index (χ0) is 41.0. The number of fused-ring (bicyclic) bond motifs is 4. The number of hydrogen-bond donors (Lipinski definition) is 4. The van der Waals surface area contributed by atoms with Crippen molar-refractivity contribution in [3.05, 3.63) is 57.7 Å². The molecule has 0 saturated heterocycles. The minimum Gasteiger partial charge on any atom is -0.507 e. The van der Waals surface area contributed by atoms with E-state index in [2.05, 4.69) is 39.0 Å². The van der Waals surface area contributed by atoms with E-state index in [0.717, 1.165) is 25.7 Å². The molecule has 0 aromatic heterocycles. The Labute approximate surface area is 330 Å². The summed E-state index contributed by atoms with van der Waals surface area (Å²) >= 11 is 0. The van der Waals surface area contributed by atoms with Gasteiger partial charge in [0.2, 0.25) is 0 Å². The largest absolute Gasteiger partial charge is 0.507 e. The summed E-state index contributed by atoms with van der Waals surface area (Å²) < 4.78 is 12.4. The lowest BCUT2D eigenvalue weighted by Crippen LogP contribution is -2.47. The van der Waals surface area contributed by atoms with E-state index in [-0.39, 0.29) is 93.3 Å². The first kappa shape index (κ1) is 41.0.